The molecule has 0 fully saturated rings. The van der Waals surface area contributed by atoms with E-state index >= 15 is 0 Å². The van der Waals surface area contributed by atoms with Gasteiger partial charge in [-0.25, -0.2) is 0 Å². The average molecular weight is 163 g/mol. The summed E-state index contributed by atoms with van der Waals surface area (Å²) in [6.07, 6.45) is 3.47. The summed E-state index contributed by atoms with van der Waals surface area (Å²) in [5.41, 5.74) is 12.9. The Hall–Kier alpha value is -1.19. The number of hydrogen-bond acceptors (Lipinski definition) is 3. The normalized spacial score (nSPS) is 12.5. The molecule has 0 aliphatic rings. The lowest BCUT2D eigenvalue weighted by molar-refractivity contribution is 0.711. The van der Waals surface area contributed by atoms with Gasteiger partial charge in [-0.2, -0.15) is 0 Å². The molecule has 3 nitrogen and oxygen atoms in total. The van der Waals surface area contributed by atoms with Gasteiger partial charge in [-0.05, 0) is 11.6 Å². The molecule has 0 aromatic carbocycles. The Morgan fingerprint density at radius 3 is 2.75 bits per heavy atom. The summed E-state index contributed by atoms with van der Waals surface area (Å²) in [6.45, 7) is 4.05. The van der Waals surface area contributed by atoms with Crippen LogP contribution in [0.15, 0.2) is 24.9 Å². The van der Waals surface area contributed by atoms with Crippen LogP contribution in [0.3, 0.4) is 0 Å². The van der Waals surface area contributed by atoms with Crippen molar-refractivity contribution in [3.05, 3.63) is 36.2 Å². The van der Waals surface area contributed by atoms with Gasteiger partial charge < -0.3 is 11.5 Å². The molecule has 0 unspecified atom stereocenters. The van der Waals surface area contributed by atoms with Gasteiger partial charge in [0.1, 0.15) is 0 Å². The molecule has 12 heavy (non-hydrogen) atoms. The fourth-order valence-corrected chi connectivity index (χ4v) is 0.878. The predicted octanol–water partition coefficient (Wildman–Crippen LogP) is 0.683. The third-order valence-corrected chi connectivity index (χ3v) is 1.68. The summed E-state index contributed by atoms with van der Waals surface area (Å²) in [4.78, 5) is 4.14. The van der Waals surface area contributed by atoms with E-state index < -0.39 is 0 Å². The fraction of sp³-hybridized carbons (Fsp3) is 0.222. The van der Waals surface area contributed by atoms with Crippen molar-refractivity contribution in [3.63, 3.8) is 0 Å². The minimum Gasteiger partial charge on any atom is -0.329 e. The summed E-state index contributed by atoms with van der Waals surface area (Å²) in [5.74, 6) is 0. The van der Waals surface area contributed by atoms with Crippen LogP contribution in [0.1, 0.15) is 17.3 Å². The Balaban J connectivity index is 2.84. The van der Waals surface area contributed by atoms with Crippen molar-refractivity contribution in [2.45, 2.75) is 6.04 Å². The van der Waals surface area contributed by atoms with Crippen LogP contribution in [0, 0.1) is 0 Å². The van der Waals surface area contributed by atoms with Crippen LogP contribution in [0.2, 0.25) is 0 Å². The first kappa shape index (κ1) is 8.90. The first-order valence-corrected chi connectivity index (χ1v) is 3.82. The Morgan fingerprint density at radius 1 is 1.58 bits per heavy atom. The highest BCUT2D eigenvalue weighted by Gasteiger charge is 2.02. The standard InChI is InChI=1S/C9H13N3/c1-2-7-3-4-9(12-6-7)8(11)5-10/h2-4,6,8H,1,5,10-11H2/t8-/m1/s1. The topological polar surface area (TPSA) is 64.9 Å². The van der Waals surface area contributed by atoms with Crippen molar-refractivity contribution in [3.8, 4) is 0 Å². The van der Waals surface area contributed by atoms with Gasteiger partial charge >= 0.3 is 0 Å². The van der Waals surface area contributed by atoms with Crippen molar-refractivity contribution >= 4 is 6.08 Å². The van der Waals surface area contributed by atoms with E-state index in [0.717, 1.165) is 11.3 Å². The number of pyridine rings is 1. The van der Waals surface area contributed by atoms with E-state index in [1.165, 1.54) is 0 Å². The van der Waals surface area contributed by atoms with Gasteiger partial charge in [0.2, 0.25) is 0 Å². The largest absolute Gasteiger partial charge is 0.329 e. The molecule has 1 heterocycles. The van der Waals surface area contributed by atoms with Crippen molar-refractivity contribution < 1.29 is 0 Å². The Labute approximate surface area is 72.1 Å². The zero-order valence-electron chi connectivity index (χ0n) is 6.90. The van der Waals surface area contributed by atoms with Crippen LogP contribution in [-0.4, -0.2) is 11.5 Å². The number of hydrogen-bond donors (Lipinski definition) is 2. The minimum absolute atomic E-state index is 0.163. The molecule has 0 aliphatic carbocycles. The SMILES string of the molecule is C=Cc1ccc([C@H](N)CN)nc1. The summed E-state index contributed by atoms with van der Waals surface area (Å²) in [7, 11) is 0. The smallest absolute Gasteiger partial charge is 0.0594 e. The van der Waals surface area contributed by atoms with Gasteiger partial charge in [-0.3, -0.25) is 4.98 Å². The highest BCUT2D eigenvalue weighted by molar-refractivity contribution is 5.45. The molecule has 3 heteroatoms. The average Bonchev–Trinajstić information content (AvgIpc) is 2.17. The van der Waals surface area contributed by atoms with E-state index in [1.54, 1.807) is 12.3 Å². The van der Waals surface area contributed by atoms with E-state index in [4.69, 9.17) is 11.5 Å². The molecule has 1 aromatic heterocycles. The maximum atomic E-state index is 5.67. The minimum atomic E-state index is -0.163. The molecule has 0 radical (unpaired) electrons. The van der Waals surface area contributed by atoms with Crippen LogP contribution in [0.4, 0.5) is 0 Å². The number of rotatable bonds is 3. The Morgan fingerprint density at radius 2 is 2.33 bits per heavy atom. The molecule has 1 aromatic rings. The molecule has 0 bridgehead atoms. The second-order valence-electron chi connectivity index (χ2n) is 2.56. The molecule has 0 amide bonds. The third kappa shape index (κ3) is 1.90. The molecular formula is C9H13N3. The van der Waals surface area contributed by atoms with E-state index in [1.807, 2.05) is 12.1 Å². The van der Waals surface area contributed by atoms with Gasteiger partial charge in [0.25, 0.3) is 0 Å². The first-order chi connectivity index (χ1) is 5.77. The lowest BCUT2D eigenvalue weighted by Crippen LogP contribution is -2.21. The lowest BCUT2D eigenvalue weighted by Gasteiger charge is -2.06. The molecule has 0 spiro atoms. The molecule has 1 rings (SSSR count). The number of aromatic nitrogens is 1. The number of nitrogens with two attached hydrogens (primary N) is 2. The van der Waals surface area contributed by atoms with Gasteiger partial charge in [-0.1, -0.05) is 18.7 Å². The summed E-state index contributed by atoms with van der Waals surface area (Å²) >= 11 is 0. The zero-order valence-corrected chi connectivity index (χ0v) is 6.90. The molecular weight excluding hydrogens is 150 g/mol. The molecule has 0 saturated heterocycles. The Bertz CT molecular complexity index is 253. The highest BCUT2D eigenvalue weighted by atomic mass is 14.8. The van der Waals surface area contributed by atoms with Crippen molar-refractivity contribution in [1.29, 1.82) is 0 Å². The van der Waals surface area contributed by atoms with E-state index in [0.29, 0.717) is 6.54 Å². The monoisotopic (exact) mass is 163 g/mol. The van der Waals surface area contributed by atoms with Crippen LogP contribution in [-0.2, 0) is 0 Å². The molecule has 0 saturated carbocycles. The van der Waals surface area contributed by atoms with Gasteiger partial charge in [0, 0.05) is 12.7 Å². The van der Waals surface area contributed by atoms with E-state index in [9.17, 15) is 0 Å². The fourth-order valence-electron chi connectivity index (χ4n) is 0.878. The van der Waals surface area contributed by atoms with Crippen LogP contribution < -0.4 is 11.5 Å². The quantitative estimate of drug-likeness (QED) is 0.688. The highest BCUT2D eigenvalue weighted by Crippen LogP contribution is 2.06. The molecule has 4 N–H and O–H groups in total. The van der Waals surface area contributed by atoms with Crippen molar-refractivity contribution in [1.82, 2.24) is 4.98 Å². The number of nitrogens with zero attached hydrogens (tertiary/aromatic N) is 1. The Kier molecular flexibility index (Phi) is 2.96. The lowest BCUT2D eigenvalue weighted by atomic mass is 10.2. The summed E-state index contributed by atoms with van der Waals surface area (Å²) < 4.78 is 0. The van der Waals surface area contributed by atoms with Crippen molar-refractivity contribution in [2.24, 2.45) is 11.5 Å². The summed E-state index contributed by atoms with van der Waals surface area (Å²) in [5, 5.41) is 0. The van der Waals surface area contributed by atoms with Crippen LogP contribution in [0.5, 0.6) is 0 Å². The van der Waals surface area contributed by atoms with Gasteiger partial charge in [0.05, 0.1) is 11.7 Å². The third-order valence-electron chi connectivity index (χ3n) is 1.68. The first-order valence-electron chi connectivity index (χ1n) is 3.82. The summed E-state index contributed by atoms with van der Waals surface area (Å²) in [6, 6.07) is 3.63. The van der Waals surface area contributed by atoms with Gasteiger partial charge in [-0.15, -0.1) is 0 Å². The van der Waals surface area contributed by atoms with E-state index in [2.05, 4.69) is 11.6 Å². The van der Waals surface area contributed by atoms with Crippen LogP contribution >= 0.6 is 0 Å². The molecule has 64 valence electrons. The van der Waals surface area contributed by atoms with E-state index in [-0.39, 0.29) is 6.04 Å². The maximum absolute atomic E-state index is 5.67. The second-order valence-corrected chi connectivity index (χ2v) is 2.56. The van der Waals surface area contributed by atoms with Gasteiger partial charge in [0.15, 0.2) is 0 Å². The maximum Gasteiger partial charge on any atom is 0.0594 e. The predicted molar refractivity (Wildman–Crippen MR) is 50.3 cm³/mol. The molecule has 1 atom stereocenters. The second kappa shape index (κ2) is 3.99. The molecule has 0 aliphatic heterocycles. The van der Waals surface area contributed by atoms with Crippen molar-refractivity contribution in [2.75, 3.05) is 6.54 Å². The van der Waals surface area contributed by atoms with Crippen LogP contribution in [0.25, 0.3) is 6.08 Å². The zero-order chi connectivity index (χ0) is 8.97.